The molecule has 3 aromatic heterocycles. The van der Waals surface area contributed by atoms with E-state index in [0.29, 0.717) is 40.5 Å². The number of aromatic amines is 1. The first kappa shape index (κ1) is 15.1. The molecule has 0 unspecified atom stereocenters. The lowest BCUT2D eigenvalue weighted by Crippen LogP contribution is -2.15. The van der Waals surface area contributed by atoms with Gasteiger partial charge in [0.25, 0.3) is 0 Å². The van der Waals surface area contributed by atoms with E-state index >= 15 is 0 Å². The Hall–Kier alpha value is -3.42. The molecule has 0 fully saturated rings. The number of benzene rings is 1. The second-order valence-electron chi connectivity index (χ2n) is 5.32. The van der Waals surface area contributed by atoms with Crippen LogP contribution in [0.2, 0.25) is 0 Å². The SMILES string of the molecule is CCOc1ccnc2[nH]c(=O)n(-c3ccc4nncc(OC)c4c3)c12. The van der Waals surface area contributed by atoms with Crippen LogP contribution in [-0.2, 0) is 0 Å². The number of nitrogens with one attached hydrogen (secondary N) is 1. The number of rotatable bonds is 4. The minimum Gasteiger partial charge on any atom is -0.494 e. The standard InChI is InChI=1S/C17H15N5O3/c1-3-25-13-6-7-18-16-15(13)22(17(23)20-16)10-4-5-12-11(8-10)14(24-2)9-19-21-12/h4-9H,3H2,1-2H3,(H,18,20,23). The van der Waals surface area contributed by atoms with Gasteiger partial charge in [-0.2, -0.15) is 10.2 Å². The second-order valence-corrected chi connectivity index (χ2v) is 5.32. The largest absolute Gasteiger partial charge is 0.494 e. The Kier molecular flexibility index (Phi) is 3.57. The zero-order chi connectivity index (χ0) is 17.4. The molecule has 0 saturated carbocycles. The van der Waals surface area contributed by atoms with Crippen LogP contribution in [0.3, 0.4) is 0 Å². The number of hydrogen-bond donors (Lipinski definition) is 1. The zero-order valence-corrected chi connectivity index (χ0v) is 13.7. The van der Waals surface area contributed by atoms with Crippen molar-refractivity contribution in [2.45, 2.75) is 6.92 Å². The van der Waals surface area contributed by atoms with E-state index in [1.54, 1.807) is 31.5 Å². The van der Waals surface area contributed by atoms with Gasteiger partial charge in [-0.3, -0.25) is 9.55 Å². The highest BCUT2D eigenvalue weighted by Crippen LogP contribution is 2.28. The van der Waals surface area contributed by atoms with Gasteiger partial charge in [0.05, 0.1) is 31.1 Å². The lowest BCUT2D eigenvalue weighted by Gasteiger charge is -2.10. The Morgan fingerprint density at radius 1 is 1.24 bits per heavy atom. The monoisotopic (exact) mass is 337 g/mol. The van der Waals surface area contributed by atoms with Crippen molar-refractivity contribution in [1.29, 1.82) is 0 Å². The number of pyridine rings is 1. The molecule has 0 aliphatic carbocycles. The van der Waals surface area contributed by atoms with Crippen molar-refractivity contribution in [3.8, 4) is 17.2 Å². The van der Waals surface area contributed by atoms with Gasteiger partial charge in [0.2, 0.25) is 0 Å². The van der Waals surface area contributed by atoms with Crippen LogP contribution in [0.1, 0.15) is 6.92 Å². The maximum absolute atomic E-state index is 12.5. The first-order valence-corrected chi connectivity index (χ1v) is 7.75. The summed E-state index contributed by atoms with van der Waals surface area (Å²) in [6.07, 6.45) is 3.14. The van der Waals surface area contributed by atoms with Gasteiger partial charge in [-0.05, 0) is 25.1 Å². The Morgan fingerprint density at radius 3 is 2.92 bits per heavy atom. The summed E-state index contributed by atoms with van der Waals surface area (Å²) in [4.78, 5) is 19.5. The molecule has 0 aliphatic rings. The number of nitrogens with zero attached hydrogens (tertiary/aromatic N) is 4. The van der Waals surface area contributed by atoms with Crippen LogP contribution in [-0.4, -0.2) is 38.4 Å². The number of H-pyrrole nitrogens is 1. The van der Waals surface area contributed by atoms with Gasteiger partial charge < -0.3 is 9.47 Å². The highest BCUT2D eigenvalue weighted by molar-refractivity contribution is 5.87. The molecule has 4 aromatic rings. The Balaban J connectivity index is 2.03. The summed E-state index contributed by atoms with van der Waals surface area (Å²) in [7, 11) is 1.57. The van der Waals surface area contributed by atoms with Crippen LogP contribution in [0, 0.1) is 0 Å². The zero-order valence-electron chi connectivity index (χ0n) is 13.7. The van der Waals surface area contributed by atoms with Crippen molar-refractivity contribution in [3.05, 3.63) is 47.1 Å². The molecule has 126 valence electrons. The quantitative estimate of drug-likeness (QED) is 0.612. The fourth-order valence-corrected chi connectivity index (χ4v) is 2.84. The third kappa shape index (κ3) is 2.38. The van der Waals surface area contributed by atoms with E-state index in [4.69, 9.17) is 9.47 Å². The lowest BCUT2D eigenvalue weighted by atomic mass is 10.2. The molecule has 1 N–H and O–H groups in total. The van der Waals surface area contributed by atoms with Gasteiger partial charge in [0, 0.05) is 17.6 Å². The van der Waals surface area contributed by atoms with Crippen molar-refractivity contribution in [2.75, 3.05) is 13.7 Å². The normalized spacial score (nSPS) is 11.1. The minimum absolute atomic E-state index is 0.296. The average molecular weight is 337 g/mol. The van der Waals surface area contributed by atoms with Gasteiger partial charge in [0.1, 0.15) is 17.0 Å². The summed E-state index contributed by atoms with van der Waals surface area (Å²) < 4.78 is 12.5. The number of aromatic nitrogens is 5. The van der Waals surface area contributed by atoms with E-state index in [0.717, 1.165) is 5.39 Å². The molecule has 1 aromatic carbocycles. The number of ether oxygens (including phenoxy) is 2. The third-order valence-corrected chi connectivity index (χ3v) is 3.90. The minimum atomic E-state index is -0.296. The highest BCUT2D eigenvalue weighted by atomic mass is 16.5. The van der Waals surface area contributed by atoms with Crippen LogP contribution in [0.15, 0.2) is 41.5 Å². The molecule has 0 aliphatic heterocycles. The molecule has 8 heteroatoms. The van der Waals surface area contributed by atoms with Gasteiger partial charge in [0.15, 0.2) is 5.65 Å². The summed E-state index contributed by atoms with van der Waals surface area (Å²) in [6, 6.07) is 7.17. The summed E-state index contributed by atoms with van der Waals surface area (Å²) in [5.41, 5.74) is 2.10. The summed E-state index contributed by atoms with van der Waals surface area (Å²) in [6.45, 7) is 2.38. The maximum Gasteiger partial charge on any atom is 0.332 e. The van der Waals surface area contributed by atoms with Crippen molar-refractivity contribution >= 4 is 22.1 Å². The van der Waals surface area contributed by atoms with Gasteiger partial charge in [-0.25, -0.2) is 9.78 Å². The van der Waals surface area contributed by atoms with Gasteiger partial charge >= 0.3 is 5.69 Å². The molecule has 0 amide bonds. The predicted molar refractivity (Wildman–Crippen MR) is 92.5 cm³/mol. The van der Waals surface area contributed by atoms with E-state index in [1.807, 2.05) is 13.0 Å². The topological polar surface area (TPSA) is 94.9 Å². The van der Waals surface area contributed by atoms with Crippen LogP contribution in [0.4, 0.5) is 0 Å². The van der Waals surface area contributed by atoms with E-state index in [9.17, 15) is 4.79 Å². The molecule has 4 rings (SSSR count). The smallest absolute Gasteiger partial charge is 0.332 e. The van der Waals surface area contributed by atoms with Crippen molar-refractivity contribution < 1.29 is 9.47 Å². The molecule has 0 spiro atoms. The predicted octanol–water partition coefficient (Wildman–Crippen LogP) is 2.06. The first-order valence-electron chi connectivity index (χ1n) is 7.75. The number of imidazole rings is 1. The number of hydrogen-bond acceptors (Lipinski definition) is 6. The molecule has 25 heavy (non-hydrogen) atoms. The van der Waals surface area contributed by atoms with E-state index in [2.05, 4.69) is 20.2 Å². The number of fused-ring (bicyclic) bond motifs is 2. The molecule has 8 nitrogen and oxygen atoms in total. The van der Waals surface area contributed by atoms with Crippen LogP contribution in [0.5, 0.6) is 11.5 Å². The first-order chi connectivity index (χ1) is 12.2. The fraction of sp³-hybridized carbons (Fsp3) is 0.176. The summed E-state index contributed by atoms with van der Waals surface area (Å²) in [5, 5.41) is 8.75. The molecule has 0 saturated heterocycles. The fourth-order valence-electron chi connectivity index (χ4n) is 2.84. The maximum atomic E-state index is 12.5. The average Bonchev–Trinajstić information content (AvgIpc) is 2.98. The molecular formula is C17H15N5O3. The lowest BCUT2D eigenvalue weighted by molar-refractivity contribution is 0.343. The van der Waals surface area contributed by atoms with Gasteiger partial charge in [-0.15, -0.1) is 0 Å². The molecule has 0 atom stereocenters. The van der Waals surface area contributed by atoms with E-state index < -0.39 is 0 Å². The van der Waals surface area contributed by atoms with Crippen LogP contribution >= 0.6 is 0 Å². The molecule has 0 bridgehead atoms. The Bertz CT molecular complexity index is 1130. The third-order valence-electron chi connectivity index (χ3n) is 3.90. The van der Waals surface area contributed by atoms with Crippen molar-refractivity contribution in [1.82, 2.24) is 24.7 Å². The second kappa shape index (κ2) is 5.90. The van der Waals surface area contributed by atoms with E-state index in [1.165, 1.54) is 10.8 Å². The van der Waals surface area contributed by atoms with Crippen molar-refractivity contribution in [2.24, 2.45) is 0 Å². The van der Waals surface area contributed by atoms with Crippen molar-refractivity contribution in [3.63, 3.8) is 0 Å². The van der Waals surface area contributed by atoms with Crippen LogP contribution in [0.25, 0.3) is 27.8 Å². The Labute approximate surface area is 142 Å². The summed E-state index contributed by atoms with van der Waals surface area (Å²) >= 11 is 0. The summed E-state index contributed by atoms with van der Waals surface area (Å²) in [5.74, 6) is 1.17. The highest BCUT2D eigenvalue weighted by Gasteiger charge is 2.16. The molecule has 3 heterocycles. The number of methoxy groups -OCH3 is 1. The van der Waals surface area contributed by atoms with Gasteiger partial charge in [-0.1, -0.05) is 0 Å². The van der Waals surface area contributed by atoms with Crippen LogP contribution < -0.4 is 15.2 Å². The molecule has 0 radical (unpaired) electrons. The Morgan fingerprint density at radius 2 is 2.12 bits per heavy atom. The molecular weight excluding hydrogens is 322 g/mol. The van der Waals surface area contributed by atoms with E-state index in [-0.39, 0.29) is 5.69 Å².